The number of H-pyrrole nitrogens is 1. The van der Waals surface area contributed by atoms with Crippen LogP contribution in [-0.4, -0.2) is 23.5 Å². The lowest BCUT2D eigenvalue weighted by Crippen LogP contribution is -2.33. The molecule has 0 bridgehead atoms. The molecule has 0 aliphatic heterocycles. The molecule has 0 spiro atoms. The van der Waals surface area contributed by atoms with Crippen LogP contribution in [0.25, 0.3) is 10.9 Å². The van der Waals surface area contributed by atoms with Crippen LogP contribution < -0.4 is 10.9 Å². The van der Waals surface area contributed by atoms with Crippen LogP contribution >= 0.6 is 0 Å². The minimum Gasteiger partial charge on any atom is -0.459 e. The summed E-state index contributed by atoms with van der Waals surface area (Å²) in [4.78, 5) is 37.6. The van der Waals surface area contributed by atoms with Gasteiger partial charge in [-0.3, -0.25) is 9.59 Å². The van der Waals surface area contributed by atoms with Crippen LogP contribution in [0.3, 0.4) is 0 Å². The molecule has 0 atom stereocenters. The second-order valence-corrected chi connectivity index (χ2v) is 5.07. The number of rotatable bonds is 3. The second-order valence-electron chi connectivity index (χ2n) is 5.07. The fourth-order valence-corrected chi connectivity index (χ4v) is 2.29. The van der Waals surface area contributed by atoms with Crippen molar-refractivity contribution < 1.29 is 14.3 Å². The molecular weight excluding hydrogens is 284 g/mol. The van der Waals surface area contributed by atoms with Gasteiger partial charge in [-0.25, -0.2) is 4.79 Å². The fraction of sp³-hybridized carbons (Fsp3) is 0.312. The highest BCUT2D eigenvalue weighted by Gasteiger charge is 2.15. The monoisotopic (exact) mass is 302 g/mol. The predicted octanol–water partition coefficient (Wildman–Crippen LogP) is 1.32. The van der Waals surface area contributed by atoms with Crippen LogP contribution in [-0.2, 0) is 20.9 Å². The number of nitrogens with one attached hydrogen (secondary N) is 2. The molecule has 0 unspecified atom stereocenters. The summed E-state index contributed by atoms with van der Waals surface area (Å²) >= 11 is 0. The number of aromatic amines is 1. The average Bonchev–Trinajstić information content (AvgIpc) is 2.45. The maximum atomic E-state index is 12.0. The van der Waals surface area contributed by atoms with Crippen molar-refractivity contribution in [2.24, 2.45) is 0 Å². The van der Waals surface area contributed by atoms with E-state index in [0.717, 1.165) is 22.0 Å². The van der Waals surface area contributed by atoms with Crippen molar-refractivity contribution in [3.8, 4) is 0 Å². The Balaban J connectivity index is 2.25. The van der Waals surface area contributed by atoms with Crippen molar-refractivity contribution in [2.45, 2.75) is 27.3 Å². The van der Waals surface area contributed by atoms with Crippen LogP contribution in [0.1, 0.15) is 23.6 Å². The molecule has 6 nitrogen and oxygen atoms in total. The van der Waals surface area contributed by atoms with Crippen molar-refractivity contribution in [1.82, 2.24) is 10.3 Å². The van der Waals surface area contributed by atoms with Gasteiger partial charge in [0.05, 0.1) is 6.61 Å². The van der Waals surface area contributed by atoms with E-state index in [2.05, 4.69) is 15.0 Å². The standard InChI is InChI=1S/C16H18N2O4/c1-4-22-16(21)15(20)17-8-11-7-12-10(3)5-9(2)6-13(12)18-14(11)19/h5-7H,4,8H2,1-3H3,(H,17,20)(H,18,19). The molecule has 1 amide bonds. The molecule has 0 saturated carbocycles. The number of aryl methyl sites for hydroxylation is 2. The zero-order valence-electron chi connectivity index (χ0n) is 12.8. The highest BCUT2D eigenvalue weighted by atomic mass is 16.5. The Morgan fingerprint density at radius 1 is 1.23 bits per heavy atom. The van der Waals surface area contributed by atoms with Crippen LogP contribution in [0.2, 0.25) is 0 Å². The molecule has 116 valence electrons. The van der Waals surface area contributed by atoms with E-state index >= 15 is 0 Å². The molecule has 1 aromatic carbocycles. The number of carbonyl (C=O) groups excluding carboxylic acids is 2. The Morgan fingerprint density at radius 3 is 2.64 bits per heavy atom. The zero-order valence-corrected chi connectivity index (χ0v) is 12.8. The first-order valence-electron chi connectivity index (χ1n) is 7.00. The maximum Gasteiger partial charge on any atom is 0.396 e. The number of esters is 1. The Kier molecular flexibility index (Phi) is 4.60. The largest absolute Gasteiger partial charge is 0.459 e. The Bertz CT molecular complexity index is 793. The summed E-state index contributed by atoms with van der Waals surface area (Å²) in [7, 11) is 0. The van der Waals surface area contributed by atoms with Gasteiger partial charge in [0, 0.05) is 23.0 Å². The summed E-state index contributed by atoms with van der Waals surface area (Å²) in [6.07, 6.45) is 0. The summed E-state index contributed by atoms with van der Waals surface area (Å²) in [6, 6.07) is 5.64. The molecule has 0 aliphatic carbocycles. The minimum atomic E-state index is -0.952. The van der Waals surface area contributed by atoms with E-state index in [0.29, 0.717) is 5.56 Å². The third-order valence-electron chi connectivity index (χ3n) is 3.29. The quantitative estimate of drug-likeness (QED) is 0.661. The molecule has 1 heterocycles. The average molecular weight is 302 g/mol. The third kappa shape index (κ3) is 3.33. The summed E-state index contributed by atoms with van der Waals surface area (Å²) < 4.78 is 4.59. The van der Waals surface area contributed by atoms with E-state index in [4.69, 9.17) is 0 Å². The lowest BCUT2D eigenvalue weighted by Gasteiger charge is -2.08. The number of pyridine rings is 1. The number of hydrogen-bond donors (Lipinski definition) is 2. The molecule has 6 heteroatoms. The normalized spacial score (nSPS) is 10.5. The molecule has 0 fully saturated rings. The first kappa shape index (κ1) is 15.8. The SMILES string of the molecule is CCOC(=O)C(=O)NCc1cc2c(C)cc(C)cc2[nH]c1=O. The van der Waals surface area contributed by atoms with Crippen molar-refractivity contribution in [3.05, 3.63) is 45.2 Å². The maximum absolute atomic E-state index is 12.0. The van der Waals surface area contributed by atoms with Crippen molar-refractivity contribution >= 4 is 22.8 Å². The summed E-state index contributed by atoms with van der Waals surface area (Å²) in [5, 5.41) is 3.29. The van der Waals surface area contributed by atoms with Gasteiger partial charge in [0.1, 0.15) is 0 Å². The Labute approximate surface area is 127 Å². The van der Waals surface area contributed by atoms with E-state index in [1.54, 1.807) is 13.0 Å². The summed E-state index contributed by atoms with van der Waals surface area (Å²) in [5.74, 6) is -1.81. The van der Waals surface area contributed by atoms with E-state index in [1.807, 2.05) is 26.0 Å². The fourth-order valence-electron chi connectivity index (χ4n) is 2.29. The summed E-state index contributed by atoms with van der Waals surface area (Å²) in [5.41, 5.74) is 2.94. The molecule has 22 heavy (non-hydrogen) atoms. The highest BCUT2D eigenvalue weighted by Crippen LogP contribution is 2.18. The number of aromatic nitrogens is 1. The zero-order chi connectivity index (χ0) is 16.3. The van der Waals surface area contributed by atoms with Crippen LogP contribution in [0.4, 0.5) is 0 Å². The number of benzene rings is 1. The number of hydrogen-bond acceptors (Lipinski definition) is 4. The van der Waals surface area contributed by atoms with Gasteiger partial charge in [0.2, 0.25) is 0 Å². The molecule has 0 saturated heterocycles. The number of fused-ring (bicyclic) bond motifs is 1. The lowest BCUT2D eigenvalue weighted by molar-refractivity contribution is -0.154. The first-order chi connectivity index (χ1) is 10.4. The number of ether oxygens (including phenoxy) is 1. The second kappa shape index (κ2) is 6.43. The van der Waals surface area contributed by atoms with Crippen molar-refractivity contribution in [2.75, 3.05) is 6.61 Å². The minimum absolute atomic E-state index is 0.0315. The van der Waals surface area contributed by atoms with Crippen molar-refractivity contribution in [1.29, 1.82) is 0 Å². The molecule has 1 aromatic heterocycles. The van der Waals surface area contributed by atoms with Gasteiger partial charge in [-0.05, 0) is 44.0 Å². The van der Waals surface area contributed by atoms with E-state index < -0.39 is 11.9 Å². The topological polar surface area (TPSA) is 88.3 Å². The molecule has 2 N–H and O–H groups in total. The van der Waals surface area contributed by atoms with Gasteiger partial charge < -0.3 is 15.0 Å². The third-order valence-corrected chi connectivity index (χ3v) is 3.29. The van der Waals surface area contributed by atoms with Gasteiger partial charge >= 0.3 is 11.9 Å². The van der Waals surface area contributed by atoms with Gasteiger partial charge in [0.15, 0.2) is 0 Å². The smallest absolute Gasteiger partial charge is 0.396 e. The summed E-state index contributed by atoms with van der Waals surface area (Å²) in [6.45, 7) is 5.62. The number of carbonyl (C=O) groups is 2. The molecule has 2 aromatic rings. The number of amides is 1. The highest BCUT2D eigenvalue weighted by molar-refractivity contribution is 6.32. The van der Waals surface area contributed by atoms with Crippen LogP contribution in [0, 0.1) is 13.8 Å². The van der Waals surface area contributed by atoms with E-state index in [9.17, 15) is 14.4 Å². The van der Waals surface area contributed by atoms with Crippen molar-refractivity contribution in [3.63, 3.8) is 0 Å². The van der Waals surface area contributed by atoms with Gasteiger partial charge in [-0.15, -0.1) is 0 Å². The molecular formula is C16H18N2O4. The molecule has 0 radical (unpaired) electrons. The molecule has 0 aliphatic rings. The Morgan fingerprint density at radius 2 is 1.95 bits per heavy atom. The van der Waals surface area contributed by atoms with Gasteiger partial charge in [-0.1, -0.05) is 6.07 Å². The lowest BCUT2D eigenvalue weighted by atomic mass is 10.0. The first-order valence-corrected chi connectivity index (χ1v) is 7.00. The van der Waals surface area contributed by atoms with Gasteiger partial charge in [-0.2, -0.15) is 0 Å². The van der Waals surface area contributed by atoms with Crippen LogP contribution in [0.5, 0.6) is 0 Å². The Hall–Kier alpha value is -2.63. The van der Waals surface area contributed by atoms with Crippen LogP contribution in [0.15, 0.2) is 23.0 Å². The van der Waals surface area contributed by atoms with E-state index in [1.165, 1.54) is 0 Å². The van der Waals surface area contributed by atoms with E-state index in [-0.39, 0.29) is 18.7 Å². The molecule has 2 rings (SSSR count). The predicted molar refractivity (Wildman–Crippen MR) is 82.5 cm³/mol. The van der Waals surface area contributed by atoms with Gasteiger partial charge in [0.25, 0.3) is 5.56 Å².